The number of imide groups is 2. The highest BCUT2D eigenvalue weighted by Gasteiger charge is 2.27. The van der Waals surface area contributed by atoms with Crippen LogP contribution in [0.1, 0.15) is 5.56 Å². The molecule has 0 bridgehead atoms. The molecule has 0 spiro atoms. The summed E-state index contributed by atoms with van der Waals surface area (Å²) in [6.07, 6.45) is 1.23. The highest BCUT2D eigenvalue weighted by atomic mass is 19.3. The van der Waals surface area contributed by atoms with E-state index in [0.717, 1.165) is 0 Å². The standard InChI is InChI=1S/C12H8F2N2O4/c13-11(14)20-7-3-1-6(2-4-7)5-8-9(17)15-12(19)16-10(8)18/h1-5,11H,(H2,15,16,17,18,19). The van der Waals surface area contributed by atoms with Gasteiger partial charge in [-0.25, -0.2) is 4.79 Å². The summed E-state index contributed by atoms with van der Waals surface area (Å²) in [5.74, 6) is -1.70. The van der Waals surface area contributed by atoms with Crippen molar-refractivity contribution in [3.8, 4) is 5.75 Å². The number of barbiturate groups is 1. The minimum atomic E-state index is -2.93. The van der Waals surface area contributed by atoms with E-state index < -0.39 is 24.5 Å². The summed E-state index contributed by atoms with van der Waals surface area (Å²) in [7, 11) is 0. The summed E-state index contributed by atoms with van der Waals surface area (Å²) >= 11 is 0. The topological polar surface area (TPSA) is 84.5 Å². The number of hydrogen-bond donors (Lipinski definition) is 2. The summed E-state index contributed by atoms with van der Waals surface area (Å²) in [6, 6.07) is 4.42. The zero-order valence-electron chi connectivity index (χ0n) is 9.85. The number of nitrogens with one attached hydrogen (secondary N) is 2. The average Bonchev–Trinajstić information content (AvgIpc) is 2.35. The highest BCUT2D eigenvalue weighted by molar-refractivity contribution is 6.31. The first kappa shape index (κ1) is 13.7. The van der Waals surface area contributed by atoms with Crippen LogP contribution in [-0.2, 0) is 9.59 Å². The van der Waals surface area contributed by atoms with Crippen LogP contribution >= 0.6 is 0 Å². The molecule has 1 fully saturated rings. The first-order chi connectivity index (χ1) is 9.45. The van der Waals surface area contributed by atoms with Crippen molar-refractivity contribution in [1.82, 2.24) is 10.6 Å². The molecule has 0 unspecified atom stereocenters. The van der Waals surface area contributed by atoms with E-state index in [9.17, 15) is 23.2 Å². The second kappa shape index (κ2) is 5.47. The number of ether oxygens (including phenoxy) is 1. The number of alkyl halides is 2. The van der Waals surface area contributed by atoms with E-state index in [2.05, 4.69) is 4.74 Å². The van der Waals surface area contributed by atoms with E-state index in [1.54, 1.807) is 0 Å². The normalized spacial score (nSPS) is 14.9. The number of urea groups is 1. The van der Waals surface area contributed by atoms with Gasteiger partial charge >= 0.3 is 12.6 Å². The summed E-state index contributed by atoms with van der Waals surface area (Å²) in [5.41, 5.74) is 0.161. The van der Waals surface area contributed by atoms with E-state index in [4.69, 9.17) is 0 Å². The quantitative estimate of drug-likeness (QED) is 0.640. The van der Waals surface area contributed by atoms with Gasteiger partial charge in [-0.05, 0) is 23.8 Å². The zero-order chi connectivity index (χ0) is 14.7. The summed E-state index contributed by atoms with van der Waals surface area (Å²) in [4.78, 5) is 33.7. The fraction of sp³-hybridized carbons (Fsp3) is 0.0833. The van der Waals surface area contributed by atoms with Gasteiger partial charge in [-0.1, -0.05) is 12.1 Å². The van der Waals surface area contributed by atoms with E-state index in [1.807, 2.05) is 10.6 Å². The van der Waals surface area contributed by atoms with Crippen molar-refractivity contribution in [2.45, 2.75) is 6.61 Å². The minimum absolute atomic E-state index is 0.0464. The Morgan fingerprint density at radius 3 is 2.05 bits per heavy atom. The van der Waals surface area contributed by atoms with Crippen LogP contribution in [0.4, 0.5) is 13.6 Å². The number of benzene rings is 1. The van der Waals surface area contributed by atoms with Crippen molar-refractivity contribution in [3.05, 3.63) is 35.4 Å². The van der Waals surface area contributed by atoms with Crippen LogP contribution in [0.15, 0.2) is 29.8 Å². The molecule has 104 valence electrons. The predicted molar refractivity (Wildman–Crippen MR) is 62.7 cm³/mol. The van der Waals surface area contributed by atoms with Crippen molar-refractivity contribution in [2.75, 3.05) is 0 Å². The average molecular weight is 282 g/mol. The minimum Gasteiger partial charge on any atom is -0.435 e. The Labute approximate surface area is 111 Å². The van der Waals surface area contributed by atoms with Gasteiger partial charge in [0, 0.05) is 0 Å². The molecular weight excluding hydrogens is 274 g/mol. The lowest BCUT2D eigenvalue weighted by Crippen LogP contribution is -2.51. The van der Waals surface area contributed by atoms with E-state index in [1.165, 1.54) is 30.3 Å². The van der Waals surface area contributed by atoms with Crippen LogP contribution in [0.25, 0.3) is 6.08 Å². The summed E-state index contributed by atoms with van der Waals surface area (Å²) in [5, 5.41) is 3.83. The van der Waals surface area contributed by atoms with E-state index in [-0.39, 0.29) is 11.3 Å². The second-order valence-electron chi connectivity index (χ2n) is 3.74. The van der Waals surface area contributed by atoms with Crippen molar-refractivity contribution in [1.29, 1.82) is 0 Å². The monoisotopic (exact) mass is 282 g/mol. The molecular formula is C12H8F2N2O4. The molecule has 0 aliphatic carbocycles. The van der Waals surface area contributed by atoms with Gasteiger partial charge < -0.3 is 4.74 Å². The lowest BCUT2D eigenvalue weighted by Gasteiger charge is -2.13. The van der Waals surface area contributed by atoms with Gasteiger partial charge in [0.25, 0.3) is 11.8 Å². The van der Waals surface area contributed by atoms with Crippen molar-refractivity contribution in [2.24, 2.45) is 0 Å². The molecule has 4 amide bonds. The van der Waals surface area contributed by atoms with Crippen molar-refractivity contribution < 1.29 is 27.9 Å². The van der Waals surface area contributed by atoms with Crippen LogP contribution in [0, 0.1) is 0 Å². The zero-order valence-corrected chi connectivity index (χ0v) is 9.85. The molecule has 0 aromatic heterocycles. The molecule has 1 heterocycles. The number of carbonyl (C=O) groups excluding carboxylic acids is 3. The Hall–Kier alpha value is -2.77. The van der Waals surface area contributed by atoms with Gasteiger partial charge in [0.1, 0.15) is 11.3 Å². The Morgan fingerprint density at radius 2 is 1.55 bits per heavy atom. The molecule has 20 heavy (non-hydrogen) atoms. The number of rotatable bonds is 3. The molecule has 2 rings (SSSR count). The number of hydrogen-bond acceptors (Lipinski definition) is 4. The van der Waals surface area contributed by atoms with Crippen molar-refractivity contribution >= 4 is 23.9 Å². The Morgan fingerprint density at radius 1 is 1.00 bits per heavy atom. The Bertz CT molecular complexity index is 574. The van der Waals surface area contributed by atoms with Crippen LogP contribution < -0.4 is 15.4 Å². The number of amides is 4. The third-order valence-electron chi connectivity index (χ3n) is 2.36. The molecule has 0 saturated carbocycles. The molecule has 2 N–H and O–H groups in total. The maximum absolute atomic E-state index is 12.0. The first-order valence-corrected chi connectivity index (χ1v) is 5.39. The second-order valence-corrected chi connectivity index (χ2v) is 3.74. The molecule has 1 aliphatic heterocycles. The maximum Gasteiger partial charge on any atom is 0.387 e. The molecule has 8 heteroatoms. The third-order valence-corrected chi connectivity index (χ3v) is 2.36. The SMILES string of the molecule is O=C1NC(=O)C(=Cc2ccc(OC(F)F)cc2)C(=O)N1. The molecule has 1 aromatic rings. The third kappa shape index (κ3) is 3.16. The summed E-state index contributed by atoms with van der Waals surface area (Å²) in [6.45, 7) is -2.93. The van der Waals surface area contributed by atoms with Gasteiger partial charge in [-0.2, -0.15) is 8.78 Å². The largest absolute Gasteiger partial charge is 0.435 e. The fourth-order valence-corrected chi connectivity index (χ4v) is 1.52. The molecule has 6 nitrogen and oxygen atoms in total. The lowest BCUT2D eigenvalue weighted by atomic mass is 10.1. The summed E-state index contributed by atoms with van der Waals surface area (Å²) < 4.78 is 28.1. The van der Waals surface area contributed by atoms with Crippen molar-refractivity contribution in [3.63, 3.8) is 0 Å². The van der Waals surface area contributed by atoms with Gasteiger partial charge in [-0.15, -0.1) is 0 Å². The lowest BCUT2D eigenvalue weighted by molar-refractivity contribution is -0.123. The molecule has 1 aliphatic rings. The smallest absolute Gasteiger partial charge is 0.387 e. The van der Waals surface area contributed by atoms with Gasteiger partial charge in [0.05, 0.1) is 0 Å². The van der Waals surface area contributed by atoms with Crippen LogP contribution in [0.2, 0.25) is 0 Å². The van der Waals surface area contributed by atoms with Gasteiger partial charge in [0.2, 0.25) is 0 Å². The van der Waals surface area contributed by atoms with Gasteiger partial charge in [0.15, 0.2) is 0 Å². The molecule has 1 saturated heterocycles. The Balaban J connectivity index is 2.19. The van der Waals surface area contributed by atoms with Crippen LogP contribution in [0.5, 0.6) is 5.75 Å². The maximum atomic E-state index is 12.0. The molecule has 0 atom stereocenters. The first-order valence-electron chi connectivity index (χ1n) is 5.39. The fourth-order valence-electron chi connectivity index (χ4n) is 1.52. The molecule has 0 radical (unpaired) electrons. The predicted octanol–water partition coefficient (Wildman–Crippen LogP) is 1.04. The van der Waals surface area contributed by atoms with E-state index >= 15 is 0 Å². The van der Waals surface area contributed by atoms with Crippen LogP contribution in [-0.4, -0.2) is 24.5 Å². The molecule has 1 aromatic carbocycles. The Kier molecular flexibility index (Phi) is 3.74. The number of carbonyl (C=O) groups is 3. The van der Waals surface area contributed by atoms with Gasteiger partial charge in [-0.3, -0.25) is 20.2 Å². The number of halogens is 2. The van der Waals surface area contributed by atoms with E-state index in [0.29, 0.717) is 5.56 Å². The van der Waals surface area contributed by atoms with Crippen LogP contribution in [0.3, 0.4) is 0 Å². The highest BCUT2D eigenvalue weighted by Crippen LogP contribution is 2.17.